The predicted octanol–water partition coefficient (Wildman–Crippen LogP) is 2.61. The summed E-state index contributed by atoms with van der Waals surface area (Å²) in [6, 6.07) is 4.87. The summed E-state index contributed by atoms with van der Waals surface area (Å²) in [6.45, 7) is 0.840. The van der Waals surface area contributed by atoms with Gasteiger partial charge >= 0.3 is 0 Å². The minimum Gasteiger partial charge on any atom is -0.494 e. The lowest BCUT2D eigenvalue weighted by Gasteiger charge is -2.07. The van der Waals surface area contributed by atoms with Gasteiger partial charge in [-0.25, -0.2) is 4.39 Å². The van der Waals surface area contributed by atoms with E-state index in [2.05, 4.69) is 5.32 Å². The molecule has 0 fully saturated rings. The third kappa shape index (κ3) is 3.10. The zero-order valence-corrected chi connectivity index (χ0v) is 9.16. The molecule has 4 heteroatoms. The van der Waals surface area contributed by atoms with Crippen molar-refractivity contribution in [1.82, 2.24) is 0 Å². The molecule has 1 aromatic carbocycles. The van der Waals surface area contributed by atoms with Crippen LogP contribution < -0.4 is 10.1 Å². The topological polar surface area (TPSA) is 21.3 Å². The first-order valence-corrected chi connectivity index (χ1v) is 5.73. The second-order valence-corrected chi connectivity index (χ2v) is 3.75. The van der Waals surface area contributed by atoms with Gasteiger partial charge in [0.05, 0.1) is 7.11 Å². The fraction of sp³-hybridized carbons (Fsp3) is 0.400. The van der Waals surface area contributed by atoms with Crippen molar-refractivity contribution in [3.63, 3.8) is 0 Å². The van der Waals surface area contributed by atoms with Gasteiger partial charge in [-0.3, -0.25) is 0 Å². The lowest BCUT2D eigenvalue weighted by atomic mass is 10.3. The summed E-state index contributed by atoms with van der Waals surface area (Å²) in [5, 5.41) is 3.12. The van der Waals surface area contributed by atoms with Crippen molar-refractivity contribution < 1.29 is 9.13 Å². The SMILES string of the molecule is COc1ccc(NCCSC)cc1F. The third-order valence-corrected chi connectivity index (χ3v) is 2.40. The first-order chi connectivity index (χ1) is 6.77. The molecule has 0 atom stereocenters. The maximum absolute atomic E-state index is 13.2. The number of halogens is 1. The Morgan fingerprint density at radius 1 is 1.50 bits per heavy atom. The molecule has 1 aromatic rings. The molecule has 0 amide bonds. The van der Waals surface area contributed by atoms with Crippen LogP contribution in [0.3, 0.4) is 0 Å². The van der Waals surface area contributed by atoms with E-state index < -0.39 is 0 Å². The number of methoxy groups -OCH3 is 1. The Morgan fingerprint density at radius 2 is 2.29 bits per heavy atom. The van der Waals surface area contributed by atoms with E-state index in [1.165, 1.54) is 13.2 Å². The van der Waals surface area contributed by atoms with E-state index in [1.807, 2.05) is 12.3 Å². The van der Waals surface area contributed by atoms with Crippen LogP contribution in [-0.2, 0) is 0 Å². The second kappa shape index (κ2) is 5.75. The van der Waals surface area contributed by atoms with Crippen molar-refractivity contribution in [2.24, 2.45) is 0 Å². The van der Waals surface area contributed by atoms with Crippen molar-refractivity contribution in [2.75, 3.05) is 31.0 Å². The lowest BCUT2D eigenvalue weighted by molar-refractivity contribution is 0.386. The lowest BCUT2D eigenvalue weighted by Crippen LogP contribution is -2.04. The van der Waals surface area contributed by atoms with Crippen LogP contribution in [0.5, 0.6) is 5.75 Å². The van der Waals surface area contributed by atoms with Gasteiger partial charge in [0.15, 0.2) is 11.6 Å². The highest BCUT2D eigenvalue weighted by Crippen LogP contribution is 2.20. The highest BCUT2D eigenvalue weighted by Gasteiger charge is 2.02. The molecule has 1 rings (SSSR count). The molecule has 0 saturated heterocycles. The summed E-state index contributed by atoms with van der Waals surface area (Å²) in [5.74, 6) is 0.954. The second-order valence-electron chi connectivity index (χ2n) is 2.77. The highest BCUT2D eigenvalue weighted by molar-refractivity contribution is 7.98. The number of rotatable bonds is 5. The van der Waals surface area contributed by atoms with Gasteiger partial charge in [0.2, 0.25) is 0 Å². The standard InChI is InChI=1S/C10H14FNOS/c1-13-10-4-3-8(7-9(10)11)12-5-6-14-2/h3-4,7,12H,5-6H2,1-2H3. The molecule has 0 radical (unpaired) electrons. The predicted molar refractivity (Wildman–Crippen MR) is 59.8 cm³/mol. The first kappa shape index (κ1) is 11.2. The number of ether oxygens (including phenoxy) is 1. The largest absolute Gasteiger partial charge is 0.494 e. The Hall–Kier alpha value is -0.900. The van der Waals surface area contributed by atoms with Crippen LogP contribution in [0.2, 0.25) is 0 Å². The molecule has 78 valence electrons. The minimum absolute atomic E-state index is 0.278. The molecule has 14 heavy (non-hydrogen) atoms. The van der Waals surface area contributed by atoms with Gasteiger partial charge in [-0.15, -0.1) is 0 Å². The molecule has 0 heterocycles. The third-order valence-electron chi connectivity index (χ3n) is 1.79. The van der Waals surface area contributed by atoms with Crippen molar-refractivity contribution >= 4 is 17.4 Å². The molecule has 0 bridgehead atoms. The molecule has 0 aliphatic heterocycles. The summed E-state index contributed by atoms with van der Waals surface area (Å²) < 4.78 is 18.0. The molecule has 0 saturated carbocycles. The van der Waals surface area contributed by atoms with Crippen LogP contribution >= 0.6 is 11.8 Å². The summed E-state index contributed by atoms with van der Waals surface area (Å²) in [4.78, 5) is 0. The fourth-order valence-electron chi connectivity index (χ4n) is 1.07. The van der Waals surface area contributed by atoms with Crippen LogP contribution in [0, 0.1) is 5.82 Å². The van der Waals surface area contributed by atoms with E-state index in [0.29, 0.717) is 0 Å². The zero-order valence-electron chi connectivity index (χ0n) is 8.34. The molecule has 0 spiro atoms. The summed E-state index contributed by atoms with van der Waals surface area (Å²) in [5.41, 5.74) is 0.789. The zero-order chi connectivity index (χ0) is 10.4. The van der Waals surface area contributed by atoms with Gasteiger partial charge in [0.1, 0.15) is 0 Å². The number of hydrogen-bond acceptors (Lipinski definition) is 3. The Morgan fingerprint density at radius 3 is 2.86 bits per heavy atom. The highest BCUT2D eigenvalue weighted by atomic mass is 32.2. The summed E-state index contributed by atoms with van der Waals surface area (Å²) in [6.07, 6.45) is 2.04. The Balaban J connectivity index is 2.57. The molecular formula is C10H14FNOS. The van der Waals surface area contributed by atoms with Crippen LogP contribution in [0.4, 0.5) is 10.1 Å². The number of thioether (sulfide) groups is 1. The molecular weight excluding hydrogens is 201 g/mol. The fourth-order valence-corrected chi connectivity index (χ4v) is 1.38. The first-order valence-electron chi connectivity index (χ1n) is 4.34. The van der Waals surface area contributed by atoms with Gasteiger partial charge in [-0.2, -0.15) is 11.8 Å². The van der Waals surface area contributed by atoms with Crippen molar-refractivity contribution in [1.29, 1.82) is 0 Å². The van der Waals surface area contributed by atoms with Gasteiger partial charge in [0.25, 0.3) is 0 Å². The van der Waals surface area contributed by atoms with Crippen molar-refractivity contribution in [3.8, 4) is 5.75 Å². The number of anilines is 1. The molecule has 2 nitrogen and oxygen atoms in total. The van der Waals surface area contributed by atoms with Crippen LogP contribution in [0.25, 0.3) is 0 Å². The van der Waals surface area contributed by atoms with Crippen LogP contribution in [-0.4, -0.2) is 25.7 Å². The normalized spacial score (nSPS) is 9.93. The molecule has 0 aliphatic carbocycles. The van der Waals surface area contributed by atoms with E-state index in [9.17, 15) is 4.39 Å². The van der Waals surface area contributed by atoms with Gasteiger partial charge in [-0.1, -0.05) is 0 Å². The summed E-state index contributed by atoms with van der Waals surface area (Å²) >= 11 is 1.75. The number of hydrogen-bond donors (Lipinski definition) is 1. The van der Waals surface area contributed by atoms with Crippen LogP contribution in [0.1, 0.15) is 0 Å². The number of benzene rings is 1. The summed E-state index contributed by atoms with van der Waals surface area (Å²) in [7, 11) is 1.46. The number of nitrogens with one attached hydrogen (secondary N) is 1. The Bertz CT molecular complexity index is 293. The minimum atomic E-state index is -0.332. The molecule has 1 N–H and O–H groups in total. The Kier molecular flexibility index (Phi) is 4.59. The van der Waals surface area contributed by atoms with E-state index in [1.54, 1.807) is 17.8 Å². The van der Waals surface area contributed by atoms with E-state index >= 15 is 0 Å². The van der Waals surface area contributed by atoms with Gasteiger partial charge in [0, 0.05) is 24.1 Å². The average molecular weight is 215 g/mol. The molecule has 0 unspecified atom stereocenters. The Labute approximate surface area is 87.8 Å². The van der Waals surface area contributed by atoms with Crippen molar-refractivity contribution in [3.05, 3.63) is 24.0 Å². The molecule has 0 aromatic heterocycles. The quantitative estimate of drug-likeness (QED) is 0.763. The van der Waals surface area contributed by atoms with E-state index in [0.717, 1.165) is 18.0 Å². The van der Waals surface area contributed by atoms with Crippen molar-refractivity contribution in [2.45, 2.75) is 0 Å². The van der Waals surface area contributed by atoms with E-state index in [4.69, 9.17) is 4.74 Å². The maximum atomic E-state index is 13.2. The van der Waals surface area contributed by atoms with E-state index in [-0.39, 0.29) is 11.6 Å². The van der Waals surface area contributed by atoms with Crippen LogP contribution in [0.15, 0.2) is 18.2 Å². The molecule has 0 aliphatic rings. The van der Waals surface area contributed by atoms with Gasteiger partial charge < -0.3 is 10.1 Å². The average Bonchev–Trinajstić information content (AvgIpc) is 2.18. The van der Waals surface area contributed by atoms with Gasteiger partial charge in [-0.05, 0) is 18.4 Å². The smallest absolute Gasteiger partial charge is 0.167 e. The monoisotopic (exact) mass is 215 g/mol. The maximum Gasteiger partial charge on any atom is 0.167 e.